The summed E-state index contributed by atoms with van der Waals surface area (Å²) < 4.78 is 0. The summed E-state index contributed by atoms with van der Waals surface area (Å²) in [5.74, 6) is -0.739. The van der Waals surface area contributed by atoms with Gasteiger partial charge in [0.05, 0.1) is 16.8 Å². The van der Waals surface area contributed by atoms with Gasteiger partial charge >= 0.3 is 0 Å². The number of aromatic nitrogens is 2. The number of carbonyl (C=O) groups excluding carboxylic acids is 2. The number of benzene rings is 1. The van der Waals surface area contributed by atoms with Crippen LogP contribution in [0.1, 0.15) is 28.5 Å². The van der Waals surface area contributed by atoms with Crippen molar-refractivity contribution < 1.29 is 9.59 Å². The molecular formula is C16H15N3O3. The molecule has 2 aromatic rings. The summed E-state index contributed by atoms with van der Waals surface area (Å²) in [4.78, 5) is 38.5. The molecule has 1 aliphatic heterocycles. The Kier molecular flexibility index (Phi) is 3.29. The topological polar surface area (TPSA) is 86.0 Å². The van der Waals surface area contributed by atoms with Crippen LogP contribution < -0.4 is 10.5 Å². The van der Waals surface area contributed by atoms with Crippen LogP contribution in [0.5, 0.6) is 0 Å². The zero-order chi connectivity index (χ0) is 15.9. The van der Waals surface area contributed by atoms with Crippen LogP contribution in [0.2, 0.25) is 0 Å². The number of H-pyrrole nitrogens is 2. The molecule has 0 saturated heterocycles. The van der Waals surface area contributed by atoms with Gasteiger partial charge in [0.25, 0.3) is 11.5 Å². The number of para-hydroxylation sites is 1. The smallest absolute Gasteiger partial charge is 0.271 e. The van der Waals surface area contributed by atoms with Crippen molar-refractivity contribution in [1.29, 1.82) is 0 Å². The van der Waals surface area contributed by atoms with E-state index >= 15 is 0 Å². The van der Waals surface area contributed by atoms with Gasteiger partial charge in [0.1, 0.15) is 0 Å². The standard InChI is InChI=1S/C16H15N3O3/c1-3-19-13-7-5-4-6-10(13)14(20)12(16(19)22)8-11-9(2)17-18-15(11)21/h4-8H,3H2,1-2H3,(H2,17,18,21)/b12-8+. The Balaban J connectivity index is 2.20. The fraction of sp³-hybridized carbons (Fsp3) is 0.188. The second kappa shape index (κ2) is 5.14. The second-order valence-corrected chi connectivity index (χ2v) is 5.07. The zero-order valence-corrected chi connectivity index (χ0v) is 12.3. The lowest BCUT2D eigenvalue weighted by atomic mass is 9.93. The number of likely N-dealkylation sites (N-methyl/N-ethyl adjacent to an activating group) is 1. The molecule has 0 saturated carbocycles. The molecule has 0 atom stereocenters. The molecule has 6 nitrogen and oxygen atoms in total. The predicted molar refractivity (Wildman–Crippen MR) is 82.9 cm³/mol. The third-order valence-corrected chi connectivity index (χ3v) is 3.78. The normalized spacial score (nSPS) is 16.3. The van der Waals surface area contributed by atoms with Crippen molar-refractivity contribution >= 4 is 23.5 Å². The van der Waals surface area contributed by atoms with Crippen molar-refractivity contribution in [3.8, 4) is 0 Å². The molecule has 1 aromatic carbocycles. The van der Waals surface area contributed by atoms with Crippen molar-refractivity contribution in [3.63, 3.8) is 0 Å². The molecule has 3 rings (SSSR count). The Labute approximate surface area is 126 Å². The summed E-state index contributed by atoms with van der Waals surface area (Å²) in [7, 11) is 0. The largest absolute Gasteiger partial charge is 0.308 e. The summed E-state index contributed by atoms with van der Waals surface area (Å²) >= 11 is 0. The van der Waals surface area contributed by atoms with Crippen molar-refractivity contribution in [2.24, 2.45) is 0 Å². The molecule has 112 valence electrons. The summed E-state index contributed by atoms with van der Waals surface area (Å²) in [6.07, 6.45) is 1.37. The molecule has 0 aliphatic carbocycles. The number of hydrogen-bond donors (Lipinski definition) is 2. The van der Waals surface area contributed by atoms with E-state index in [-0.39, 0.29) is 22.8 Å². The number of amides is 1. The van der Waals surface area contributed by atoms with Gasteiger partial charge in [-0.1, -0.05) is 12.1 Å². The molecular weight excluding hydrogens is 282 g/mol. The first kappa shape index (κ1) is 14.1. The first-order valence-electron chi connectivity index (χ1n) is 6.99. The van der Waals surface area contributed by atoms with Crippen LogP contribution in [0.25, 0.3) is 6.08 Å². The Morgan fingerprint density at radius 1 is 1.14 bits per heavy atom. The maximum atomic E-state index is 12.6. The maximum absolute atomic E-state index is 12.6. The SMILES string of the molecule is CCN1C(=O)/C(=C/c2c(C)[nH][nH]c2=O)C(=O)c2ccccc21. The van der Waals surface area contributed by atoms with Gasteiger partial charge in [-0.3, -0.25) is 19.5 Å². The van der Waals surface area contributed by atoms with Gasteiger partial charge in [0, 0.05) is 17.8 Å². The van der Waals surface area contributed by atoms with Gasteiger partial charge < -0.3 is 10.00 Å². The molecule has 0 spiro atoms. The van der Waals surface area contributed by atoms with Gasteiger partial charge in [-0.05, 0) is 32.1 Å². The van der Waals surface area contributed by atoms with Crippen LogP contribution in [0, 0.1) is 6.92 Å². The van der Waals surface area contributed by atoms with Crippen LogP contribution in [0.3, 0.4) is 0 Å². The number of rotatable bonds is 2. The highest BCUT2D eigenvalue weighted by Crippen LogP contribution is 2.30. The molecule has 1 aromatic heterocycles. The lowest BCUT2D eigenvalue weighted by molar-refractivity contribution is -0.114. The molecule has 1 amide bonds. The van der Waals surface area contributed by atoms with Crippen molar-refractivity contribution in [2.75, 3.05) is 11.4 Å². The van der Waals surface area contributed by atoms with E-state index < -0.39 is 0 Å². The number of aromatic amines is 2. The van der Waals surface area contributed by atoms with E-state index in [1.54, 1.807) is 36.1 Å². The predicted octanol–water partition coefficient (Wildman–Crippen LogP) is 1.64. The first-order chi connectivity index (χ1) is 10.5. The lowest BCUT2D eigenvalue weighted by Crippen LogP contribution is -2.39. The number of hydrogen-bond acceptors (Lipinski definition) is 3. The van der Waals surface area contributed by atoms with E-state index in [0.717, 1.165) is 0 Å². The van der Waals surface area contributed by atoms with Gasteiger partial charge in [0.2, 0.25) is 5.78 Å². The Hall–Kier alpha value is -2.89. The highest BCUT2D eigenvalue weighted by atomic mass is 16.2. The number of nitrogens with zero attached hydrogens (tertiary/aromatic N) is 1. The Morgan fingerprint density at radius 3 is 2.50 bits per heavy atom. The lowest BCUT2D eigenvalue weighted by Gasteiger charge is -2.28. The summed E-state index contributed by atoms with van der Waals surface area (Å²) in [6, 6.07) is 6.98. The molecule has 0 fully saturated rings. The van der Waals surface area contributed by atoms with E-state index in [2.05, 4.69) is 10.2 Å². The Bertz CT molecular complexity index is 858. The molecule has 0 bridgehead atoms. The number of aryl methyl sites for hydroxylation is 1. The van der Waals surface area contributed by atoms with Crippen LogP contribution in [-0.2, 0) is 4.79 Å². The summed E-state index contributed by atoms with van der Waals surface area (Å²) in [6.45, 7) is 3.99. The van der Waals surface area contributed by atoms with Crippen LogP contribution in [0.4, 0.5) is 5.69 Å². The van der Waals surface area contributed by atoms with E-state index in [4.69, 9.17) is 0 Å². The minimum absolute atomic E-state index is 0.00810. The third kappa shape index (κ3) is 2.00. The Morgan fingerprint density at radius 2 is 1.86 bits per heavy atom. The highest BCUT2D eigenvalue weighted by Gasteiger charge is 2.33. The zero-order valence-electron chi connectivity index (χ0n) is 12.3. The van der Waals surface area contributed by atoms with E-state index in [9.17, 15) is 14.4 Å². The maximum Gasteiger partial charge on any atom is 0.271 e. The van der Waals surface area contributed by atoms with Crippen LogP contribution in [-0.4, -0.2) is 28.4 Å². The van der Waals surface area contributed by atoms with Gasteiger partial charge in [0.15, 0.2) is 0 Å². The summed E-state index contributed by atoms with van der Waals surface area (Å²) in [5, 5.41) is 5.12. The van der Waals surface area contributed by atoms with Crippen LogP contribution >= 0.6 is 0 Å². The average Bonchev–Trinajstić information content (AvgIpc) is 2.83. The quantitative estimate of drug-likeness (QED) is 0.652. The van der Waals surface area contributed by atoms with Gasteiger partial charge in [-0.15, -0.1) is 0 Å². The van der Waals surface area contributed by atoms with Crippen molar-refractivity contribution in [3.05, 3.63) is 57.0 Å². The number of nitrogens with one attached hydrogen (secondary N) is 2. The minimum atomic E-state index is -0.383. The van der Waals surface area contributed by atoms with Crippen molar-refractivity contribution in [1.82, 2.24) is 10.2 Å². The van der Waals surface area contributed by atoms with Gasteiger partial charge in [-0.2, -0.15) is 0 Å². The minimum Gasteiger partial charge on any atom is -0.308 e. The molecule has 6 heteroatoms. The van der Waals surface area contributed by atoms with E-state index in [1.807, 2.05) is 6.92 Å². The van der Waals surface area contributed by atoms with E-state index in [0.29, 0.717) is 29.1 Å². The molecule has 2 N–H and O–H groups in total. The second-order valence-electron chi connectivity index (χ2n) is 5.07. The molecule has 22 heavy (non-hydrogen) atoms. The van der Waals surface area contributed by atoms with Crippen LogP contribution in [0.15, 0.2) is 34.6 Å². The number of fused-ring (bicyclic) bond motifs is 1. The molecule has 0 radical (unpaired) electrons. The third-order valence-electron chi connectivity index (χ3n) is 3.78. The fourth-order valence-corrected chi connectivity index (χ4v) is 2.61. The first-order valence-corrected chi connectivity index (χ1v) is 6.99. The fourth-order valence-electron chi connectivity index (χ4n) is 2.61. The number of ketones is 1. The highest BCUT2D eigenvalue weighted by molar-refractivity contribution is 6.36. The monoisotopic (exact) mass is 297 g/mol. The molecule has 1 aliphatic rings. The van der Waals surface area contributed by atoms with Crippen molar-refractivity contribution in [2.45, 2.75) is 13.8 Å². The number of anilines is 1. The number of carbonyl (C=O) groups is 2. The molecule has 2 heterocycles. The van der Waals surface area contributed by atoms with E-state index in [1.165, 1.54) is 6.08 Å². The number of Topliss-reactive ketones (excluding diaryl/α,β-unsaturated/α-hetero) is 1. The van der Waals surface area contributed by atoms with Gasteiger partial charge in [-0.25, -0.2) is 0 Å². The average molecular weight is 297 g/mol. The summed E-state index contributed by atoms with van der Waals surface area (Å²) in [5.41, 5.74) is 1.62. The molecule has 0 unspecified atom stereocenters.